The van der Waals surface area contributed by atoms with E-state index in [2.05, 4.69) is 0 Å². The fourth-order valence-corrected chi connectivity index (χ4v) is 5.06. The number of hydrogen-bond acceptors (Lipinski definition) is 7. The third-order valence-electron chi connectivity index (χ3n) is 4.29. The third kappa shape index (κ3) is 3.63. The van der Waals surface area contributed by atoms with Crippen LogP contribution in [0, 0.1) is 0 Å². The molecule has 0 spiro atoms. The van der Waals surface area contributed by atoms with Crippen molar-refractivity contribution in [2.24, 2.45) is 0 Å². The molecule has 0 radical (unpaired) electrons. The number of Topliss-reactive ketones (excluding diaryl/α,β-unsaturated/α-hetero) is 1. The molecule has 1 fully saturated rings. The molecule has 1 aliphatic rings. The normalized spacial score (nSPS) is 29.8. The number of hydrogen-bond donors (Lipinski definition) is 4. The SMILES string of the molecule is O=C(C[C@@H]1OC(CO)[C@@H](O)[C@H](O)C1O)Cn1[se]c2ccccc2c1=O. The van der Waals surface area contributed by atoms with Crippen LogP contribution in [0.25, 0.3) is 9.65 Å². The number of fused-ring (bicyclic) bond motifs is 1. The van der Waals surface area contributed by atoms with Gasteiger partial charge in [0.1, 0.15) is 0 Å². The van der Waals surface area contributed by atoms with Gasteiger partial charge >= 0.3 is 148 Å². The van der Waals surface area contributed by atoms with Gasteiger partial charge < -0.3 is 0 Å². The summed E-state index contributed by atoms with van der Waals surface area (Å²) in [5, 5.41) is 39.3. The zero-order chi connectivity index (χ0) is 18.1. The molecular formula is C16H19NO7Se. The number of rotatable bonds is 5. The average molecular weight is 416 g/mol. The molecule has 4 N–H and O–H groups in total. The van der Waals surface area contributed by atoms with Gasteiger partial charge in [-0.2, -0.15) is 0 Å². The second kappa shape index (κ2) is 7.51. The quantitative estimate of drug-likeness (QED) is 0.410. The van der Waals surface area contributed by atoms with E-state index in [4.69, 9.17) is 9.84 Å². The fourth-order valence-electron chi connectivity index (χ4n) is 2.92. The standard InChI is InChI=1S/C16H19NO7Se/c18-7-11-14(21)15(22)13(20)10(24-11)5-8(19)6-17-16(23)9-3-1-2-4-12(9)25-17/h1-4,10-11,13-15,18,20-22H,5-7H2/t10-,11?,13?,14+,15+/m0/s1. The molecule has 9 heteroatoms. The van der Waals surface area contributed by atoms with Gasteiger partial charge in [-0.05, 0) is 0 Å². The predicted octanol–water partition coefficient (Wildman–Crippen LogP) is -2.14. The van der Waals surface area contributed by atoms with Crippen LogP contribution in [0.15, 0.2) is 29.1 Å². The Labute approximate surface area is 148 Å². The summed E-state index contributed by atoms with van der Waals surface area (Å²) in [6, 6.07) is 7.19. The molecule has 5 atom stereocenters. The zero-order valence-corrected chi connectivity index (χ0v) is 14.9. The van der Waals surface area contributed by atoms with Crippen LogP contribution in [-0.2, 0) is 16.1 Å². The molecule has 0 saturated carbocycles. The van der Waals surface area contributed by atoms with Gasteiger partial charge in [0.25, 0.3) is 0 Å². The maximum absolute atomic E-state index is 12.3. The number of aliphatic hydroxyl groups excluding tert-OH is 4. The molecular weight excluding hydrogens is 397 g/mol. The van der Waals surface area contributed by atoms with Crippen LogP contribution >= 0.6 is 0 Å². The summed E-state index contributed by atoms with van der Waals surface area (Å²) in [6.45, 7) is -0.652. The summed E-state index contributed by atoms with van der Waals surface area (Å²) in [4.78, 5) is 24.6. The summed E-state index contributed by atoms with van der Waals surface area (Å²) in [6.07, 6.45) is -6.72. The van der Waals surface area contributed by atoms with Crippen molar-refractivity contribution in [2.45, 2.75) is 43.5 Å². The molecule has 136 valence electrons. The van der Waals surface area contributed by atoms with E-state index in [1.165, 1.54) is 3.56 Å². The summed E-state index contributed by atoms with van der Waals surface area (Å²) in [7, 11) is 0. The van der Waals surface area contributed by atoms with E-state index in [0.717, 1.165) is 4.26 Å². The van der Waals surface area contributed by atoms with Crippen LogP contribution in [0.3, 0.4) is 0 Å². The molecule has 8 nitrogen and oxygen atoms in total. The summed E-state index contributed by atoms with van der Waals surface area (Å²) in [5.41, 5.74) is -0.197. The number of carbonyl (C=O) groups excluding carboxylic acids is 1. The van der Waals surface area contributed by atoms with Gasteiger partial charge in [0, 0.05) is 0 Å². The number of aliphatic hydroxyl groups is 4. The maximum atomic E-state index is 12.3. The van der Waals surface area contributed by atoms with Gasteiger partial charge in [-0.1, -0.05) is 0 Å². The Bertz CT molecular complexity index is 814. The second-order valence-corrected chi connectivity index (χ2v) is 8.27. The van der Waals surface area contributed by atoms with Crippen molar-refractivity contribution < 1.29 is 30.0 Å². The van der Waals surface area contributed by atoms with Crippen molar-refractivity contribution in [2.75, 3.05) is 6.61 Å². The first-order valence-electron chi connectivity index (χ1n) is 7.83. The summed E-state index contributed by atoms with van der Waals surface area (Å²) >= 11 is -0.279. The van der Waals surface area contributed by atoms with Crippen molar-refractivity contribution in [1.29, 1.82) is 0 Å². The molecule has 25 heavy (non-hydrogen) atoms. The van der Waals surface area contributed by atoms with Crippen molar-refractivity contribution in [3.8, 4) is 0 Å². The Kier molecular flexibility index (Phi) is 5.55. The number of nitrogens with zero attached hydrogens (tertiary/aromatic N) is 1. The van der Waals surface area contributed by atoms with E-state index in [9.17, 15) is 24.9 Å². The van der Waals surface area contributed by atoms with Crippen molar-refractivity contribution in [3.63, 3.8) is 0 Å². The molecule has 2 unspecified atom stereocenters. The minimum absolute atomic E-state index is 0.109. The first-order chi connectivity index (χ1) is 11.9. The molecule has 1 aliphatic heterocycles. The van der Waals surface area contributed by atoms with Gasteiger partial charge in [0.15, 0.2) is 0 Å². The second-order valence-electron chi connectivity index (χ2n) is 6.04. The van der Waals surface area contributed by atoms with Crippen LogP contribution in [0.2, 0.25) is 0 Å². The topological polar surface area (TPSA) is 129 Å². The van der Waals surface area contributed by atoms with E-state index < -0.39 is 37.1 Å². The fraction of sp³-hybridized carbons (Fsp3) is 0.500. The Morgan fingerprint density at radius 2 is 1.80 bits per heavy atom. The number of ketones is 1. The average Bonchev–Trinajstić information content (AvgIpc) is 2.91. The van der Waals surface area contributed by atoms with Crippen LogP contribution in [0.5, 0.6) is 0 Å². The summed E-state index contributed by atoms with van der Waals surface area (Å²) in [5.74, 6) is -0.327. The van der Waals surface area contributed by atoms with E-state index in [1.54, 1.807) is 12.1 Å². The zero-order valence-electron chi connectivity index (χ0n) is 13.2. The molecule has 0 bridgehead atoms. The molecule has 0 aliphatic carbocycles. The van der Waals surface area contributed by atoms with Crippen LogP contribution in [0.4, 0.5) is 0 Å². The van der Waals surface area contributed by atoms with Crippen molar-refractivity contribution >= 4 is 30.2 Å². The first-order valence-corrected chi connectivity index (χ1v) is 9.45. The van der Waals surface area contributed by atoms with Crippen LogP contribution < -0.4 is 5.56 Å². The Morgan fingerprint density at radius 1 is 1.12 bits per heavy atom. The van der Waals surface area contributed by atoms with Gasteiger partial charge in [-0.3, -0.25) is 0 Å². The van der Waals surface area contributed by atoms with Gasteiger partial charge in [0.2, 0.25) is 0 Å². The van der Waals surface area contributed by atoms with E-state index in [1.807, 2.05) is 12.1 Å². The van der Waals surface area contributed by atoms with Crippen LogP contribution in [0.1, 0.15) is 6.42 Å². The molecule has 1 aromatic carbocycles. The van der Waals surface area contributed by atoms with Gasteiger partial charge in [-0.15, -0.1) is 0 Å². The Hall–Kier alpha value is -1.32. The number of benzene rings is 1. The molecule has 3 rings (SSSR count). The molecule has 1 saturated heterocycles. The van der Waals surface area contributed by atoms with Crippen LogP contribution in [-0.4, -0.2) is 81.6 Å². The Morgan fingerprint density at radius 3 is 2.48 bits per heavy atom. The molecule has 2 aromatic rings. The number of ether oxygens (including phenoxy) is 1. The summed E-state index contributed by atoms with van der Waals surface area (Å²) < 4.78 is 7.72. The van der Waals surface area contributed by atoms with Gasteiger partial charge in [0.05, 0.1) is 0 Å². The van der Waals surface area contributed by atoms with E-state index in [0.29, 0.717) is 5.39 Å². The number of aromatic nitrogens is 1. The van der Waals surface area contributed by atoms with Crippen molar-refractivity contribution in [3.05, 3.63) is 34.6 Å². The molecule has 2 heterocycles. The minimum atomic E-state index is -1.51. The third-order valence-corrected chi connectivity index (χ3v) is 6.53. The van der Waals surface area contributed by atoms with Gasteiger partial charge in [-0.25, -0.2) is 0 Å². The first kappa shape index (κ1) is 18.5. The monoisotopic (exact) mass is 417 g/mol. The van der Waals surface area contributed by atoms with E-state index in [-0.39, 0.29) is 39.0 Å². The van der Waals surface area contributed by atoms with E-state index >= 15 is 0 Å². The predicted molar refractivity (Wildman–Crippen MR) is 88.5 cm³/mol. The number of carbonyl (C=O) groups is 1. The molecule has 1 aromatic heterocycles. The Balaban J connectivity index is 1.71. The molecule has 0 amide bonds. The van der Waals surface area contributed by atoms with Crippen molar-refractivity contribution in [1.82, 2.24) is 3.56 Å².